The number of aromatic nitrogens is 2. The molecule has 3 nitrogen and oxygen atoms in total. The van der Waals surface area contributed by atoms with Crippen LogP contribution in [0.25, 0.3) is 11.4 Å². The van der Waals surface area contributed by atoms with E-state index in [4.69, 9.17) is 5.73 Å². The zero-order chi connectivity index (χ0) is 10.7. The molecule has 1 aromatic carbocycles. The Morgan fingerprint density at radius 2 is 2.20 bits per heavy atom. The normalized spacial score (nSPS) is 12.7. The number of hydrogen-bond acceptors (Lipinski definition) is 2. The van der Waals surface area contributed by atoms with E-state index in [0.717, 1.165) is 11.4 Å². The maximum atomic E-state index is 5.70. The summed E-state index contributed by atoms with van der Waals surface area (Å²) >= 11 is 0. The van der Waals surface area contributed by atoms with Gasteiger partial charge in [0.1, 0.15) is 5.82 Å². The van der Waals surface area contributed by atoms with Crippen molar-refractivity contribution in [1.82, 2.24) is 9.97 Å². The fraction of sp³-hybridized carbons (Fsp3) is 0.250. The number of rotatable bonds is 3. The van der Waals surface area contributed by atoms with E-state index in [-0.39, 0.29) is 0 Å². The van der Waals surface area contributed by atoms with Gasteiger partial charge in [-0.15, -0.1) is 0 Å². The molecule has 0 aliphatic rings. The summed E-state index contributed by atoms with van der Waals surface area (Å²) in [5.41, 5.74) is 8.08. The van der Waals surface area contributed by atoms with Gasteiger partial charge in [0.15, 0.2) is 0 Å². The molecule has 0 spiro atoms. The molecular formula is C12H15N3. The first-order valence-corrected chi connectivity index (χ1v) is 5.11. The third kappa shape index (κ3) is 1.92. The highest BCUT2D eigenvalue weighted by Gasteiger charge is 2.10. The summed E-state index contributed by atoms with van der Waals surface area (Å²) in [5.74, 6) is 1.26. The number of aromatic amines is 1. The van der Waals surface area contributed by atoms with E-state index in [2.05, 4.69) is 29.0 Å². The monoisotopic (exact) mass is 201 g/mol. The lowest BCUT2D eigenvalue weighted by atomic mass is 9.95. The van der Waals surface area contributed by atoms with E-state index in [1.165, 1.54) is 5.56 Å². The first kappa shape index (κ1) is 9.93. The van der Waals surface area contributed by atoms with E-state index in [1.807, 2.05) is 18.3 Å². The van der Waals surface area contributed by atoms with Crippen LogP contribution in [0.1, 0.15) is 18.4 Å². The molecule has 0 radical (unpaired) electrons. The standard InChI is InChI=1S/C12H15N3/c1-9(8-13)10-4-2-3-5-11(10)12-14-6-7-15-12/h2-7,9H,8,13H2,1H3,(H,14,15). The van der Waals surface area contributed by atoms with Gasteiger partial charge in [0.25, 0.3) is 0 Å². The van der Waals surface area contributed by atoms with Crippen LogP contribution in [-0.2, 0) is 0 Å². The van der Waals surface area contributed by atoms with Gasteiger partial charge in [0, 0.05) is 18.0 Å². The minimum atomic E-state index is 0.353. The molecular weight excluding hydrogens is 186 g/mol. The van der Waals surface area contributed by atoms with Crippen molar-refractivity contribution < 1.29 is 0 Å². The molecule has 0 bridgehead atoms. The van der Waals surface area contributed by atoms with Crippen LogP contribution in [-0.4, -0.2) is 16.5 Å². The minimum absolute atomic E-state index is 0.353. The summed E-state index contributed by atoms with van der Waals surface area (Å²) in [6, 6.07) is 8.23. The second-order valence-electron chi connectivity index (χ2n) is 3.66. The van der Waals surface area contributed by atoms with Crippen LogP contribution in [0, 0.1) is 0 Å². The Kier molecular flexibility index (Phi) is 2.83. The number of nitrogens with two attached hydrogens (primary N) is 1. The van der Waals surface area contributed by atoms with Crippen molar-refractivity contribution in [3.8, 4) is 11.4 Å². The summed E-state index contributed by atoms with van der Waals surface area (Å²) in [6.45, 7) is 2.78. The fourth-order valence-electron chi connectivity index (χ4n) is 1.68. The lowest BCUT2D eigenvalue weighted by molar-refractivity contribution is 0.775. The van der Waals surface area contributed by atoms with Crippen molar-refractivity contribution in [3.63, 3.8) is 0 Å². The van der Waals surface area contributed by atoms with Crippen molar-refractivity contribution >= 4 is 0 Å². The number of H-pyrrole nitrogens is 1. The van der Waals surface area contributed by atoms with Crippen molar-refractivity contribution in [3.05, 3.63) is 42.2 Å². The van der Waals surface area contributed by atoms with E-state index in [9.17, 15) is 0 Å². The van der Waals surface area contributed by atoms with Gasteiger partial charge >= 0.3 is 0 Å². The van der Waals surface area contributed by atoms with Crippen LogP contribution in [0.4, 0.5) is 0 Å². The largest absolute Gasteiger partial charge is 0.345 e. The second kappa shape index (κ2) is 4.28. The predicted molar refractivity (Wildman–Crippen MR) is 61.5 cm³/mol. The predicted octanol–water partition coefficient (Wildman–Crippen LogP) is 2.14. The smallest absolute Gasteiger partial charge is 0.137 e. The van der Waals surface area contributed by atoms with Gasteiger partial charge in [0.05, 0.1) is 0 Å². The van der Waals surface area contributed by atoms with Gasteiger partial charge in [-0.2, -0.15) is 0 Å². The third-order valence-electron chi connectivity index (χ3n) is 2.60. The minimum Gasteiger partial charge on any atom is -0.345 e. The molecule has 3 heteroatoms. The topological polar surface area (TPSA) is 54.7 Å². The molecule has 0 amide bonds. The SMILES string of the molecule is CC(CN)c1ccccc1-c1ncc[nH]1. The van der Waals surface area contributed by atoms with Gasteiger partial charge < -0.3 is 10.7 Å². The molecule has 0 fully saturated rings. The lowest BCUT2D eigenvalue weighted by Gasteiger charge is -2.12. The van der Waals surface area contributed by atoms with Gasteiger partial charge in [-0.3, -0.25) is 0 Å². The Balaban J connectivity index is 2.47. The van der Waals surface area contributed by atoms with Crippen LogP contribution >= 0.6 is 0 Å². The molecule has 0 aliphatic carbocycles. The summed E-state index contributed by atoms with van der Waals surface area (Å²) in [6.07, 6.45) is 3.60. The Morgan fingerprint density at radius 1 is 1.40 bits per heavy atom. The lowest BCUT2D eigenvalue weighted by Crippen LogP contribution is -2.10. The van der Waals surface area contributed by atoms with Crippen LogP contribution in [0.15, 0.2) is 36.7 Å². The Hall–Kier alpha value is -1.61. The van der Waals surface area contributed by atoms with Crippen LogP contribution in [0.2, 0.25) is 0 Å². The summed E-state index contributed by atoms with van der Waals surface area (Å²) in [5, 5.41) is 0. The number of hydrogen-bond donors (Lipinski definition) is 2. The average Bonchev–Trinajstić information content (AvgIpc) is 2.81. The first-order valence-electron chi connectivity index (χ1n) is 5.11. The van der Waals surface area contributed by atoms with Gasteiger partial charge in [-0.25, -0.2) is 4.98 Å². The Bertz CT molecular complexity index is 420. The summed E-state index contributed by atoms with van der Waals surface area (Å²) in [7, 11) is 0. The molecule has 1 atom stereocenters. The van der Waals surface area contributed by atoms with E-state index in [0.29, 0.717) is 12.5 Å². The van der Waals surface area contributed by atoms with Gasteiger partial charge in [-0.1, -0.05) is 31.2 Å². The fourth-order valence-corrected chi connectivity index (χ4v) is 1.68. The molecule has 1 heterocycles. The second-order valence-corrected chi connectivity index (χ2v) is 3.66. The number of nitrogens with zero attached hydrogens (tertiary/aromatic N) is 1. The molecule has 0 saturated heterocycles. The third-order valence-corrected chi connectivity index (χ3v) is 2.60. The van der Waals surface area contributed by atoms with E-state index < -0.39 is 0 Å². The number of imidazole rings is 1. The van der Waals surface area contributed by atoms with Crippen molar-refractivity contribution in [1.29, 1.82) is 0 Å². The van der Waals surface area contributed by atoms with Gasteiger partial charge in [-0.05, 0) is 18.0 Å². The van der Waals surface area contributed by atoms with Crippen LogP contribution in [0.3, 0.4) is 0 Å². The molecule has 1 unspecified atom stereocenters. The summed E-state index contributed by atoms with van der Waals surface area (Å²) in [4.78, 5) is 7.39. The van der Waals surface area contributed by atoms with Crippen molar-refractivity contribution in [2.45, 2.75) is 12.8 Å². The van der Waals surface area contributed by atoms with E-state index in [1.54, 1.807) is 6.20 Å². The molecule has 0 aliphatic heterocycles. The maximum Gasteiger partial charge on any atom is 0.137 e. The zero-order valence-electron chi connectivity index (χ0n) is 8.77. The Morgan fingerprint density at radius 3 is 2.87 bits per heavy atom. The molecule has 3 N–H and O–H groups in total. The average molecular weight is 201 g/mol. The molecule has 78 valence electrons. The van der Waals surface area contributed by atoms with E-state index >= 15 is 0 Å². The zero-order valence-corrected chi connectivity index (χ0v) is 8.77. The highest BCUT2D eigenvalue weighted by molar-refractivity contribution is 5.61. The molecule has 2 rings (SSSR count). The summed E-state index contributed by atoms with van der Waals surface area (Å²) < 4.78 is 0. The Labute approximate surface area is 89.4 Å². The van der Waals surface area contributed by atoms with Crippen LogP contribution < -0.4 is 5.73 Å². The highest BCUT2D eigenvalue weighted by Crippen LogP contribution is 2.25. The highest BCUT2D eigenvalue weighted by atomic mass is 14.9. The maximum absolute atomic E-state index is 5.70. The van der Waals surface area contributed by atoms with Crippen molar-refractivity contribution in [2.75, 3.05) is 6.54 Å². The van der Waals surface area contributed by atoms with Crippen molar-refractivity contribution in [2.24, 2.45) is 5.73 Å². The number of nitrogens with one attached hydrogen (secondary N) is 1. The van der Waals surface area contributed by atoms with Crippen LogP contribution in [0.5, 0.6) is 0 Å². The molecule has 15 heavy (non-hydrogen) atoms. The molecule has 0 saturated carbocycles. The molecule has 2 aromatic rings. The molecule has 1 aromatic heterocycles. The number of benzene rings is 1. The first-order chi connectivity index (χ1) is 7.33. The van der Waals surface area contributed by atoms with Gasteiger partial charge in [0.2, 0.25) is 0 Å². The quantitative estimate of drug-likeness (QED) is 0.799.